The number of nitrogens with one attached hydrogen (secondary N) is 2. The van der Waals surface area contributed by atoms with Crippen molar-refractivity contribution in [3.05, 3.63) is 42.7 Å². The maximum Gasteiger partial charge on any atom is 0.249 e. The van der Waals surface area contributed by atoms with Gasteiger partial charge in [0, 0.05) is 24.0 Å². The summed E-state index contributed by atoms with van der Waals surface area (Å²) in [7, 11) is 0. The van der Waals surface area contributed by atoms with Crippen molar-refractivity contribution in [2.24, 2.45) is 0 Å². The van der Waals surface area contributed by atoms with E-state index in [4.69, 9.17) is 0 Å². The fourth-order valence-electron chi connectivity index (χ4n) is 1.38. The van der Waals surface area contributed by atoms with E-state index in [1.165, 1.54) is 6.08 Å². The Morgan fingerprint density at radius 1 is 1.41 bits per heavy atom. The molecule has 86 valence electrons. The van der Waals surface area contributed by atoms with Gasteiger partial charge in [0.1, 0.15) is 0 Å². The smallest absolute Gasteiger partial charge is 0.249 e. The second-order valence-corrected chi connectivity index (χ2v) is 3.39. The maximum absolute atomic E-state index is 11.3. The fourth-order valence-corrected chi connectivity index (χ4v) is 1.38. The lowest BCUT2D eigenvalue weighted by Gasteiger charge is -1.94. The normalized spacial score (nSPS) is 10.6. The third-order valence-electron chi connectivity index (χ3n) is 2.14. The first-order valence-corrected chi connectivity index (χ1v) is 5.19. The lowest BCUT2D eigenvalue weighted by atomic mass is 10.2. The number of aromatic amines is 1. The summed E-state index contributed by atoms with van der Waals surface area (Å²) >= 11 is 0. The van der Waals surface area contributed by atoms with E-state index >= 15 is 0 Å². The number of hydrogen-bond donors (Lipinski definition) is 2. The second-order valence-electron chi connectivity index (χ2n) is 3.39. The molecule has 0 saturated carbocycles. The van der Waals surface area contributed by atoms with E-state index < -0.39 is 0 Å². The number of pyridine rings is 1. The van der Waals surface area contributed by atoms with Crippen molar-refractivity contribution < 1.29 is 4.79 Å². The quantitative estimate of drug-likeness (QED) is 0.789. The molecule has 0 atom stereocenters. The summed E-state index contributed by atoms with van der Waals surface area (Å²) in [5, 5.41) is 9.51. The van der Waals surface area contributed by atoms with Crippen molar-refractivity contribution in [3.8, 4) is 11.3 Å². The Morgan fingerprint density at radius 3 is 2.88 bits per heavy atom. The molecule has 17 heavy (non-hydrogen) atoms. The molecule has 0 spiro atoms. The minimum Gasteiger partial charge on any atom is -0.306 e. The number of allylic oxidation sites excluding steroid dienone is 1. The molecule has 0 radical (unpaired) electrons. The Labute approximate surface area is 98.6 Å². The molecule has 5 heteroatoms. The van der Waals surface area contributed by atoms with E-state index in [1.54, 1.807) is 31.5 Å². The minimum absolute atomic E-state index is 0.194. The molecular weight excluding hydrogens is 216 g/mol. The average Bonchev–Trinajstić information content (AvgIpc) is 2.79. The molecule has 0 aliphatic heterocycles. The number of nitrogens with zero attached hydrogens (tertiary/aromatic N) is 2. The summed E-state index contributed by atoms with van der Waals surface area (Å²) in [6.45, 7) is 1.78. The first-order chi connectivity index (χ1) is 8.29. The van der Waals surface area contributed by atoms with Crippen LogP contribution in [0.4, 0.5) is 5.82 Å². The van der Waals surface area contributed by atoms with Crippen LogP contribution in [-0.2, 0) is 4.79 Å². The van der Waals surface area contributed by atoms with Gasteiger partial charge in [-0.2, -0.15) is 5.10 Å². The van der Waals surface area contributed by atoms with Crippen LogP contribution in [0.5, 0.6) is 0 Å². The zero-order valence-corrected chi connectivity index (χ0v) is 9.34. The van der Waals surface area contributed by atoms with Crippen LogP contribution in [-0.4, -0.2) is 21.1 Å². The Hall–Kier alpha value is -2.43. The van der Waals surface area contributed by atoms with Crippen molar-refractivity contribution in [1.82, 2.24) is 15.2 Å². The van der Waals surface area contributed by atoms with E-state index in [9.17, 15) is 4.79 Å². The molecule has 0 fully saturated rings. The topological polar surface area (TPSA) is 70.7 Å². The molecule has 0 aliphatic carbocycles. The largest absolute Gasteiger partial charge is 0.306 e. The van der Waals surface area contributed by atoms with Gasteiger partial charge in [0.2, 0.25) is 5.91 Å². The first kappa shape index (κ1) is 11.1. The van der Waals surface area contributed by atoms with Crippen LogP contribution in [0.2, 0.25) is 0 Å². The molecule has 2 N–H and O–H groups in total. The Morgan fingerprint density at radius 2 is 2.18 bits per heavy atom. The number of aromatic nitrogens is 3. The van der Waals surface area contributed by atoms with Gasteiger partial charge in [-0.15, -0.1) is 0 Å². The van der Waals surface area contributed by atoms with Crippen LogP contribution in [0.1, 0.15) is 6.92 Å². The molecule has 5 nitrogen and oxygen atoms in total. The SMILES string of the molecule is C/C=C/C(=O)Nc1cc(-c2ccncc2)[nH]n1. The van der Waals surface area contributed by atoms with E-state index in [-0.39, 0.29) is 5.91 Å². The Balaban J connectivity index is 2.14. The molecule has 0 saturated heterocycles. The van der Waals surface area contributed by atoms with Crippen molar-refractivity contribution in [2.45, 2.75) is 6.92 Å². The predicted molar refractivity (Wildman–Crippen MR) is 65.3 cm³/mol. The van der Waals surface area contributed by atoms with Crippen LogP contribution in [0.3, 0.4) is 0 Å². The van der Waals surface area contributed by atoms with Gasteiger partial charge in [0.15, 0.2) is 5.82 Å². The highest BCUT2D eigenvalue weighted by Gasteiger charge is 2.04. The summed E-state index contributed by atoms with van der Waals surface area (Å²) in [6, 6.07) is 5.51. The van der Waals surface area contributed by atoms with Gasteiger partial charge in [-0.3, -0.25) is 14.9 Å². The van der Waals surface area contributed by atoms with Crippen molar-refractivity contribution in [3.63, 3.8) is 0 Å². The molecule has 0 unspecified atom stereocenters. The molecule has 0 aliphatic rings. The van der Waals surface area contributed by atoms with Gasteiger partial charge in [0.05, 0.1) is 5.69 Å². The third kappa shape index (κ3) is 2.78. The van der Waals surface area contributed by atoms with Crippen LogP contribution in [0.15, 0.2) is 42.7 Å². The van der Waals surface area contributed by atoms with E-state index in [0.29, 0.717) is 5.82 Å². The summed E-state index contributed by atoms with van der Waals surface area (Å²) in [6.07, 6.45) is 6.52. The predicted octanol–water partition coefficient (Wildman–Crippen LogP) is 1.99. The summed E-state index contributed by atoms with van der Waals surface area (Å²) in [4.78, 5) is 15.2. The number of amides is 1. The molecule has 0 aromatic carbocycles. The Bertz CT molecular complexity index is 530. The highest BCUT2D eigenvalue weighted by Crippen LogP contribution is 2.18. The van der Waals surface area contributed by atoms with Crippen molar-refractivity contribution in [2.75, 3.05) is 5.32 Å². The van der Waals surface area contributed by atoms with Crippen LogP contribution in [0, 0.1) is 0 Å². The molecule has 2 aromatic rings. The lowest BCUT2D eigenvalue weighted by molar-refractivity contribution is -0.111. The van der Waals surface area contributed by atoms with Crippen molar-refractivity contribution >= 4 is 11.7 Å². The molecule has 2 rings (SSSR count). The number of carbonyl (C=O) groups excluding carboxylic acids is 1. The average molecular weight is 228 g/mol. The zero-order valence-electron chi connectivity index (χ0n) is 9.34. The molecule has 2 heterocycles. The van der Waals surface area contributed by atoms with Crippen molar-refractivity contribution in [1.29, 1.82) is 0 Å². The second kappa shape index (κ2) is 5.07. The highest BCUT2D eigenvalue weighted by atomic mass is 16.1. The summed E-state index contributed by atoms with van der Waals surface area (Å²) < 4.78 is 0. The lowest BCUT2D eigenvalue weighted by Crippen LogP contribution is -2.07. The monoisotopic (exact) mass is 228 g/mol. The zero-order chi connectivity index (χ0) is 12.1. The number of hydrogen-bond acceptors (Lipinski definition) is 3. The van der Waals surface area contributed by atoms with Gasteiger partial charge in [-0.25, -0.2) is 0 Å². The van der Waals surface area contributed by atoms with Gasteiger partial charge < -0.3 is 5.32 Å². The number of carbonyl (C=O) groups is 1. The molecule has 0 bridgehead atoms. The van der Waals surface area contributed by atoms with E-state index in [2.05, 4.69) is 20.5 Å². The van der Waals surface area contributed by atoms with Gasteiger partial charge in [0.25, 0.3) is 0 Å². The minimum atomic E-state index is -0.194. The first-order valence-electron chi connectivity index (χ1n) is 5.19. The van der Waals surface area contributed by atoms with Gasteiger partial charge in [-0.05, 0) is 25.1 Å². The van der Waals surface area contributed by atoms with E-state index in [0.717, 1.165) is 11.3 Å². The summed E-state index contributed by atoms with van der Waals surface area (Å²) in [5.74, 6) is 0.306. The number of anilines is 1. The molecular formula is C12H12N4O. The van der Waals surface area contributed by atoms with Gasteiger partial charge in [-0.1, -0.05) is 6.08 Å². The molecule has 1 amide bonds. The fraction of sp³-hybridized carbons (Fsp3) is 0.0833. The number of H-pyrrole nitrogens is 1. The Kier molecular flexibility index (Phi) is 3.30. The van der Waals surface area contributed by atoms with Crippen LogP contribution in [0.25, 0.3) is 11.3 Å². The van der Waals surface area contributed by atoms with Crippen LogP contribution < -0.4 is 5.32 Å². The van der Waals surface area contributed by atoms with Gasteiger partial charge >= 0.3 is 0 Å². The van der Waals surface area contributed by atoms with Crippen LogP contribution >= 0.6 is 0 Å². The standard InChI is InChI=1S/C12H12N4O/c1-2-3-12(17)14-11-8-10(15-16-11)9-4-6-13-7-5-9/h2-8H,1H3,(H2,14,15,16,17)/b3-2+. The summed E-state index contributed by atoms with van der Waals surface area (Å²) in [5.41, 5.74) is 1.81. The highest BCUT2D eigenvalue weighted by molar-refractivity contribution is 5.98. The van der Waals surface area contributed by atoms with E-state index in [1.807, 2.05) is 12.1 Å². The molecule has 2 aromatic heterocycles. The maximum atomic E-state index is 11.3. The third-order valence-corrected chi connectivity index (χ3v) is 2.14. The number of rotatable bonds is 3.